The predicted octanol–water partition coefficient (Wildman–Crippen LogP) is 5.80. The lowest BCUT2D eigenvalue weighted by Crippen LogP contribution is -2.52. The van der Waals surface area contributed by atoms with E-state index in [9.17, 15) is 28.8 Å². The molecule has 2 atom stereocenters. The van der Waals surface area contributed by atoms with Crippen molar-refractivity contribution in [2.24, 2.45) is 11.8 Å². The third-order valence-electron chi connectivity index (χ3n) is 11.4. The molecule has 0 spiro atoms. The number of anilines is 2. The fourth-order valence-corrected chi connectivity index (χ4v) is 7.75. The topological polar surface area (TPSA) is 201 Å². The van der Waals surface area contributed by atoms with Crippen molar-refractivity contribution >= 4 is 47.2 Å². The summed E-state index contributed by atoms with van der Waals surface area (Å²) in [6.07, 6.45) is -0.428. The van der Waals surface area contributed by atoms with Crippen molar-refractivity contribution in [1.29, 1.82) is 0 Å². The number of ether oxygens (including phenoxy) is 2. The Kier molecular flexibility index (Phi) is 13.9. The maximum absolute atomic E-state index is 13.6. The summed E-state index contributed by atoms with van der Waals surface area (Å²) < 4.78 is 9.42. The Balaban J connectivity index is 1.11. The zero-order chi connectivity index (χ0) is 44.8. The van der Waals surface area contributed by atoms with Gasteiger partial charge in [-0.15, -0.1) is 0 Å². The van der Waals surface area contributed by atoms with Crippen molar-refractivity contribution in [2.45, 2.75) is 79.6 Å². The number of amides is 6. The van der Waals surface area contributed by atoms with Crippen molar-refractivity contribution in [3.05, 3.63) is 106 Å². The zero-order valence-electron chi connectivity index (χ0n) is 36.4. The molecule has 0 saturated carbocycles. The molecule has 0 aliphatic carbocycles. The van der Waals surface area contributed by atoms with Gasteiger partial charge in [-0.05, 0) is 83.3 Å². The molecule has 4 aromatic rings. The average Bonchev–Trinajstić information content (AvgIpc) is 3.27. The van der Waals surface area contributed by atoms with E-state index in [1.165, 1.54) is 14.2 Å². The molecule has 0 bridgehead atoms. The minimum Gasteiger partial charge on any atom is -0.453 e. The van der Waals surface area contributed by atoms with Crippen molar-refractivity contribution < 1.29 is 38.2 Å². The molecular formula is C46H54N8O8. The van der Waals surface area contributed by atoms with E-state index in [1.807, 2.05) is 90.1 Å². The van der Waals surface area contributed by atoms with Crippen LogP contribution in [0.25, 0.3) is 11.1 Å². The Morgan fingerprint density at radius 2 is 0.968 bits per heavy atom. The number of methoxy groups -OCH3 is 2. The number of carbonyl (C=O) groups is 6. The van der Waals surface area contributed by atoms with Crippen LogP contribution in [0.4, 0.5) is 21.0 Å². The first-order valence-corrected chi connectivity index (χ1v) is 20.7. The van der Waals surface area contributed by atoms with Crippen molar-refractivity contribution in [3.63, 3.8) is 0 Å². The average molecular weight is 847 g/mol. The standard InChI is InChI=1S/C46H54N8O8/c1-25(2)39(51-45(59)61-7)43(57)53-21-19-35-29(23-53)15-17-37(47-35)41(55)49-33-13-9-11-31(27(33)5)32-12-10-14-34(28(32)6)50-42(56)38-18-16-30-24-54(22-20-36(30)48-38)44(58)40(26(3)4)52-46(60)62-8/h9-18,25-26,39-40H,19-24H2,1-8H3,(H,49,55)(H,50,56)(H,51,59)(H,52,60)/t39-,40-/m0/s1. The van der Waals surface area contributed by atoms with Crippen LogP contribution in [0.1, 0.15) is 82.3 Å². The van der Waals surface area contributed by atoms with E-state index < -0.39 is 24.3 Å². The maximum atomic E-state index is 13.6. The third-order valence-corrected chi connectivity index (χ3v) is 11.4. The summed E-state index contributed by atoms with van der Waals surface area (Å²) in [5.41, 5.74) is 8.22. The fraction of sp³-hybridized carbons (Fsp3) is 0.391. The molecule has 2 aliphatic heterocycles. The zero-order valence-corrected chi connectivity index (χ0v) is 36.4. The summed E-state index contributed by atoms with van der Waals surface area (Å²) in [5.74, 6) is -1.46. The van der Waals surface area contributed by atoms with Crippen LogP contribution >= 0.6 is 0 Å². The van der Waals surface area contributed by atoms with Gasteiger partial charge in [0.15, 0.2) is 0 Å². The normalized spacial score (nSPS) is 14.2. The molecule has 0 unspecified atom stereocenters. The second-order valence-corrected chi connectivity index (χ2v) is 16.2. The molecule has 16 heteroatoms. The van der Waals surface area contributed by atoms with Gasteiger partial charge in [0.2, 0.25) is 11.8 Å². The maximum Gasteiger partial charge on any atom is 0.407 e. The number of hydrogen-bond acceptors (Lipinski definition) is 10. The quantitative estimate of drug-likeness (QED) is 0.143. The summed E-state index contributed by atoms with van der Waals surface area (Å²) in [6, 6.07) is 16.7. The number of alkyl carbamates (subject to hydrolysis) is 2. The SMILES string of the molecule is COC(=O)N[C@H](C(=O)N1CCc2nc(C(=O)Nc3cccc(-c4cccc(NC(=O)c5ccc6c(n5)CCN(C(=O)[C@@H](NC(=O)OC)C(C)C)C6)c4C)c3C)ccc2C1)C(C)C. The molecule has 6 amide bonds. The van der Waals surface area contributed by atoms with Gasteiger partial charge in [0.1, 0.15) is 23.5 Å². The van der Waals surface area contributed by atoms with Crippen molar-refractivity contribution in [2.75, 3.05) is 37.9 Å². The molecule has 2 aromatic heterocycles. The summed E-state index contributed by atoms with van der Waals surface area (Å²) >= 11 is 0. The van der Waals surface area contributed by atoms with Crippen LogP contribution in [0.5, 0.6) is 0 Å². The van der Waals surface area contributed by atoms with E-state index >= 15 is 0 Å². The molecule has 62 heavy (non-hydrogen) atoms. The number of rotatable bonds is 11. The number of aromatic nitrogens is 2. The summed E-state index contributed by atoms with van der Waals surface area (Å²) in [6.45, 7) is 12.7. The molecule has 2 aromatic carbocycles. The fourth-order valence-electron chi connectivity index (χ4n) is 7.75. The number of benzene rings is 2. The first-order valence-electron chi connectivity index (χ1n) is 20.7. The second kappa shape index (κ2) is 19.3. The lowest BCUT2D eigenvalue weighted by Gasteiger charge is -2.32. The van der Waals surface area contributed by atoms with Crippen LogP contribution in [0.2, 0.25) is 0 Å². The Morgan fingerprint density at radius 1 is 0.581 bits per heavy atom. The van der Waals surface area contributed by atoms with Crippen LogP contribution in [0.3, 0.4) is 0 Å². The molecule has 4 N–H and O–H groups in total. The number of pyridine rings is 2. The first kappa shape index (κ1) is 44.7. The molecule has 0 fully saturated rings. The highest BCUT2D eigenvalue weighted by Crippen LogP contribution is 2.34. The Morgan fingerprint density at radius 3 is 1.32 bits per heavy atom. The van der Waals surface area contributed by atoms with E-state index in [0.717, 1.165) is 44.8 Å². The van der Waals surface area contributed by atoms with Crippen LogP contribution in [-0.4, -0.2) is 95.0 Å². The number of hydrogen-bond donors (Lipinski definition) is 4. The Labute approximate surface area is 361 Å². The van der Waals surface area contributed by atoms with Gasteiger partial charge in [0.05, 0.1) is 14.2 Å². The summed E-state index contributed by atoms with van der Waals surface area (Å²) in [7, 11) is 2.51. The third kappa shape index (κ3) is 9.85. The van der Waals surface area contributed by atoms with Gasteiger partial charge in [0.25, 0.3) is 11.8 Å². The smallest absolute Gasteiger partial charge is 0.407 e. The van der Waals surface area contributed by atoms with E-state index in [-0.39, 0.29) is 46.9 Å². The molecule has 16 nitrogen and oxygen atoms in total. The number of nitrogens with one attached hydrogen (secondary N) is 4. The minimum absolute atomic E-state index is 0.147. The molecule has 6 rings (SSSR count). The highest BCUT2D eigenvalue weighted by Gasteiger charge is 2.33. The molecule has 0 saturated heterocycles. The lowest BCUT2D eigenvalue weighted by molar-refractivity contribution is -0.136. The highest BCUT2D eigenvalue weighted by molar-refractivity contribution is 6.05. The molecule has 2 aliphatic rings. The predicted molar refractivity (Wildman–Crippen MR) is 232 cm³/mol. The molecular weight excluding hydrogens is 793 g/mol. The highest BCUT2D eigenvalue weighted by atomic mass is 16.5. The molecule has 0 radical (unpaired) electrons. The number of fused-ring (bicyclic) bond motifs is 2. The second-order valence-electron chi connectivity index (χ2n) is 16.2. The van der Waals surface area contributed by atoms with Gasteiger partial charge in [-0.25, -0.2) is 19.6 Å². The lowest BCUT2D eigenvalue weighted by atomic mass is 9.94. The van der Waals surface area contributed by atoms with Gasteiger partial charge in [-0.3, -0.25) is 19.2 Å². The van der Waals surface area contributed by atoms with E-state index in [2.05, 4.69) is 31.2 Å². The van der Waals surface area contributed by atoms with E-state index in [1.54, 1.807) is 21.9 Å². The monoisotopic (exact) mass is 846 g/mol. The van der Waals surface area contributed by atoms with Gasteiger partial charge < -0.3 is 40.5 Å². The van der Waals surface area contributed by atoms with Gasteiger partial charge in [-0.2, -0.15) is 0 Å². The first-order chi connectivity index (χ1) is 29.6. The van der Waals surface area contributed by atoms with Gasteiger partial charge >= 0.3 is 12.2 Å². The minimum atomic E-state index is -0.734. The molecule has 326 valence electrons. The van der Waals surface area contributed by atoms with Crippen LogP contribution in [0.15, 0.2) is 60.7 Å². The van der Waals surface area contributed by atoms with Crippen molar-refractivity contribution in [1.82, 2.24) is 30.4 Å². The molecule has 4 heterocycles. The van der Waals surface area contributed by atoms with E-state index in [0.29, 0.717) is 50.4 Å². The van der Waals surface area contributed by atoms with Crippen LogP contribution in [-0.2, 0) is 45.0 Å². The van der Waals surface area contributed by atoms with Gasteiger partial charge in [-0.1, -0.05) is 64.1 Å². The van der Waals surface area contributed by atoms with Crippen LogP contribution in [0, 0.1) is 25.7 Å². The number of carbonyl (C=O) groups excluding carboxylic acids is 6. The van der Waals surface area contributed by atoms with Crippen molar-refractivity contribution in [3.8, 4) is 11.1 Å². The van der Waals surface area contributed by atoms with Crippen LogP contribution < -0.4 is 21.3 Å². The van der Waals surface area contributed by atoms with Gasteiger partial charge in [0, 0.05) is 61.8 Å². The Hall–Kier alpha value is -6.84. The summed E-state index contributed by atoms with van der Waals surface area (Å²) in [4.78, 5) is 90.3. The largest absolute Gasteiger partial charge is 0.453 e. The summed E-state index contributed by atoms with van der Waals surface area (Å²) in [5, 5.41) is 11.3. The van der Waals surface area contributed by atoms with E-state index in [4.69, 9.17) is 9.47 Å². The Bertz CT molecular complexity index is 2230. The number of nitrogens with zero attached hydrogens (tertiary/aromatic N) is 4.